The Labute approximate surface area is 296 Å². The van der Waals surface area contributed by atoms with Gasteiger partial charge in [0.05, 0.1) is 0 Å². The summed E-state index contributed by atoms with van der Waals surface area (Å²) in [5, 5.41) is 14.4. The first-order chi connectivity index (χ1) is 25.2. The Kier molecular flexibility index (Phi) is 6.26. The van der Waals surface area contributed by atoms with E-state index in [4.69, 9.17) is 13.8 Å². The number of para-hydroxylation sites is 2. The molecule has 0 saturated carbocycles. The molecule has 4 heterocycles. The maximum absolute atomic E-state index is 6.53. The third kappa shape index (κ3) is 4.54. The number of fused-ring (bicyclic) bond motifs is 10. The lowest BCUT2D eigenvalue weighted by Crippen LogP contribution is -2.44. The molecule has 7 aromatic carbocycles. The Morgan fingerprint density at radius 2 is 1.20 bits per heavy atom. The van der Waals surface area contributed by atoms with Gasteiger partial charge >= 0.3 is 0 Å². The van der Waals surface area contributed by atoms with Crippen LogP contribution in [0.15, 0.2) is 165 Å². The van der Waals surface area contributed by atoms with E-state index in [0.29, 0.717) is 0 Å². The van der Waals surface area contributed by atoms with Crippen molar-refractivity contribution >= 4 is 81.2 Å². The number of furan rings is 2. The summed E-state index contributed by atoms with van der Waals surface area (Å²) in [5.41, 5.74) is 9.21. The van der Waals surface area contributed by atoms with Gasteiger partial charge in [-0.1, -0.05) is 115 Å². The van der Waals surface area contributed by atoms with Crippen LogP contribution in [0, 0.1) is 0 Å². The summed E-state index contributed by atoms with van der Waals surface area (Å²) >= 11 is 1.83. The first kappa shape index (κ1) is 28.6. The fraction of sp³-hybridized carbons (Fsp3) is 0.0444. The number of hydrogen-bond acceptors (Lipinski definition) is 6. The van der Waals surface area contributed by atoms with E-state index in [1.54, 1.807) is 0 Å². The number of rotatable bonds is 4. The fourth-order valence-electron chi connectivity index (χ4n) is 7.69. The number of aliphatic imine (C=N–C) groups is 1. The summed E-state index contributed by atoms with van der Waals surface area (Å²) < 4.78 is 15.3. The van der Waals surface area contributed by atoms with E-state index in [1.807, 2.05) is 41.7 Å². The van der Waals surface area contributed by atoms with Crippen LogP contribution in [-0.2, 0) is 0 Å². The van der Waals surface area contributed by atoms with E-state index >= 15 is 0 Å². The Balaban J connectivity index is 1.01. The van der Waals surface area contributed by atoms with Crippen molar-refractivity contribution in [3.8, 4) is 11.1 Å². The fourth-order valence-corrected chi connectivity index (χ4v) is 8.93. The molecular formula is C45H29N3O2S. The smallest absolute Gasteiger partial charge is 0.144 e. The third-order valence-corrected chi connectivity index (χ3v) is 11.4. The monoisotopic (exact) mass is 675 g/mol. The van der Waals surface area contributed by atoms with Crippen molar-refractivity contribution in [2.24, 2.45) is 4.99 Å². The number of thiophene rings is 1. The number of amidine groups is 1. The van der Waals surface area contributed by atoms with Gasteiger partial charge in [0.1, 0.15) is 40.5 Å². The SMILES string of the molecule is c1ccc(C2N=C(c3ccc4c(c3)oc3ccccc34)NC(c3ccc(-c4cc5c6ccccc6oc5c5c4sc4ccccc45)cc3)N2)cc1. The Bertz CT molecular complexity index is 2990. The molecule has 3 aromatic heterocycles. The van der Waals surface area contributed by atoms with Crippen molar-refractivity contribution in [3.63, 3.8) is 0 Å². The molecule has 0 amide bonds. The molecule has 0 bridgehead atoms. The van der Waals surface area contributed by atoms with E-state index in [2.05, 4.69) is 132 Å². The van der Waals surface area contributed by atoms with Crippen LogP contribution in [-0.4, -0.2) is 5.84 Å². The summed E-state index contributed by atoms with van der Waals surface area (Å²) in [6, 6.07) is 53.2. The highest BCUT2D eigenvalue weighted by molar-refractivity contribution is 7.26. The molecule has 2 unspecified atom stereocenters. The summed E-state index contributed by atoms with van der Waals surface area (Å²) in [7, 11) is 0. The Hall–Kier alpha value is -6.21. The van der Waals surface area contributed by atoms with Crippen molar-refractivity contribution in [3.05, 3.63) is 168 Å². The van der Waals surface area contributed by atoms with Crippen molar-refractivity contribution < 1.29 is 8.83 Å². The zero-order valence-electron chi connectivity index (χ0n) is 27.3. The largest absolute Gasteiger partial charge is 0.456 e. The van der Waals surface area contributed by atoms with Crippen LogP contribution in [0.4, 0.5) is 0 Å². The molecule has 2 N–H and O–H groups in total. The molecule has 0 spiro atoms. The van der Waals surface area contributed by atoms with Gasteiger partial charge in [0.15, 0.2) is 0 Å². The average molecular weight is 676 g/mol. The number of benzene rings is 7. The van der Waals surface area contributed by atoms with Crippen LogP contribution >= 0.6 is 11.3 Å². The summed E-state index contributed by atoms with van der Waals surface area (Å²) in [4.78, 5) is 5.17. The maximum Gasteiger partial charge on any atom is 0.144 e. The second kappa shape index (κ2) is 11.2. The molecule has 1 aliphatic heterocycles. The number of nitrogens with one attached hydrogen (secondary N) is 2. The molecular weight excluding hydrogens is 647 g/mol. The lowest BCUT2D eigenvalue weighted by molar-refractivity contribution is 0.409. The first-order valence-electron chi connectivity index (χ1n) is 17.2. The Morgan fingerprint density at radius 1 is 0.529 bits per heavy atom. The molecule has 6 heteroatoms. The second-order valence-corrected chi connectivity index (χ2v) is 14.2. The lowest BCUT2D eigenvalue weighted by Gasteiger charge is -2.32. The van der Waals surface area contributed by atoms with E-state index < -0.39 is 0 Å². The Morgan fingerprint density at radius 3 is 2.02 bits per heavy atom. The van der Waals surface area contributed by atoms with E-state index in [-0.39, 0.29) is 12.3 Å². The van der Waals surface area contributed by atoms with Gasteiger partial charge in [-0.2, -0.15) is 0 Å². The van der Waals surface area contributed by atoms with Crippen LogP contribution in [0.25, 0.3) is 75.2 Å². The summed E-state index contributed by atoms with van der Waals surface area (Å²) in [6.07, 6.45) is -0.402. The highest BCUT2D eigenvalue weighted by Crippen LogP contribution is 2.46. The van der Waals surface area contributed by atoms with Gasteiger partial charge in [0.2, 0.25) is 0 Å². The molecule has 242 valence electrons. The van der Waals surface area contributed by atoms with Crippen molar-refractivity contribution in [1.29, 1.82) is 0 Å². The highest BCUT2D eigenvalue weighted by atomic mass is 32.1. The van der Waals surface area contributed by atoms with Gasteiger partial charge in [0, 0.05) is 52.8 Å². The molecule has 0 aliphatic carbocycles. The zero-order chi connectivity index (χ0) is 33.5. The van der Waals surface area contributed by atoms with Crippen LogP contribution < -0.4 is 10.6 Å². The normalized spacial score (nSPS) is 16.4. The van der Waals surface area contributed by atoms with Gasteiger partial charge < -0.3 is 14.2 Å². The summed E-state index contributed by atoms with van der Waals surface area (Å²) in [5.74, 6) is 0.823. The van der Waals surface area contributed by atoms with Crippen LogP contribution in [0.2, 0.25) is 0 Å². The van der Waals surface area contributed by atoms with Crippen molar-refractivity contribution in [2.75, 3.05) is 0 Å². The number of hydrogen-bond donors (Lipinski definition) is 2. The third-order valence-electron chi connectivity index (χ3n) is 10.2. The van der Waals surface area contributed by atoms with Crippen molar-refractivity contribution in [2.45, 2.75) is 12.3 Å². The lowest BCUT2D eigenvalue weighted by atomic mass is 9.97. The van der Waals surface area contributed by atoms with Gasteiger partial charge in [0.25, 0.3) is 0 Å². The zero-order valence-corrected chi connectivity index (χ0v) is 28.1. The minimum absolute atomic E-state index is 0.173. The molecule has 1 aliphatic rings. The molecule has 5 nitrogen and oxygen atoms in total. The standard InChI is InChI=1S/C45H29N3O2S/c1-2-10-27(11-3-1)43-46-44(48-45(47-43)29-22-23-32-30-12-4-7-15-36(30)49-38(32)24-29)28-20-18-26(19-21-28)34-25-35-31-13-5-8-16-37(31)50-41(35)40-33-14-6-9-17-39(33)51-42(34)40/h1-25,43-44,46H,(H,47,48). The molecule has 2 atom stereocenters. The molecule has 0 radical (unpaired) electrons. The molecule has 51 heavy (non-hydrogen) atoms. The molecule has 0 fully saturated rings. The van der Waals surface area contributed by atoms with Crippen LogP contribution in [0.3, 0.4) is 0 Å². The minimum Gasteiger partial charge on any atom is -0.456 e. The molecule has 10 aromatic rings. The summed E-state index contributed by atoms with van der Waals surface area (Å²) in [6.45, 7) is 0. The van der Waals surface area contributed by atoms with E-state index in [1.165, 1.54) is 31.3 Å². The van der Waals surface area contributed by atoms with Crippen LogP contribution in [0.5, 0.6) is 0 Å². The minimum atomic E-state index is -0.228. The second-order valence-electron chi connectivity index (χ2n) is 13.2. The van der Waals surface area contributed by atoms with Gasteiger partial charge in [-0.05, 0) is 53.1 Å². The topological polar surface area (TPSA) is 62.7 Å². The quantitative estimate of drug-likeness (QED) is 0.195. The highest BCUT2D eigenvalue weighted by Gasteiger charge is 2.26. The predicted molar refractivity (Wildman–Crippen MR) is 210 cm³/mol. The van der Waals surface area contributed by atoms with Gasteiger partial charge in [-0.3, -0.25) is 5.32 Å². The van der Waals surface area contributed by atoms with E-state index in [0.717, 1.165) is 66.4 Å². The van der Waals surface area contributed by atoms with Gasteiger partial charge in [-0.15, -0.1) is 11.3 Å². The average Bonchev–Trinajstić information content (AvgIpc) is 3.89. The molecule has 11 rings (SSSR count). The first-order valence-corrected chi connectivity index (χ1v) is 18.0. The molecule has 0 saturated heterocycles. The van der Waals surface area contributed by atoms with Crippen molar-refractivity contribution in [1.82, 2.24) is 10.6 Å². The van der Waals surface area contributed by atoms with Gasteiger partial charge in [-0.25, -0.2) is 4.99 Å². The van der Waals surface area contributed by atoms with Crippen LogP contribution in [0.1, 0.15) is 29.0 Å². The predicted octanol–water partition coefficient (Wildman–Crippen LogP) is 11.9. The number of nitrogens with zero attached hydrogens (tertiary/aromatic N) is 1. The van der Waals surface area contributed by atoms with E-state index in [9.17, 15) is 0 Å². The maximum atomic E-state index is 6.53.